The van der Waals surface area contributed by atoms with Gasteiger partial charge >= 0.3 is 0 Å². The van der Waals surface area contributed by atoms with Gasteiger partial charge < -0.3 is 16.0 Å². The number of piperidine rings is 1. The predicted molar refractivity (Wildman–Crippen MR) is 106 cm³/mol. The topological polar surface area (TPSA) is 58.4 Å². The van der Waals surface area contributed by atoms with Crippen LogP contribution < -0.4 is 11.1 Å². The van der Waals surface area contributed by atoms with Crippen molar-refractivity contribution in [2.75, 3.05) is 31.9 Å². The van der Waals surface area contributed by atoms with Crippen molar-refractivity contribution in [1.29, 1.82) is 0 Å². The molecule has 0 aliphatic carbocycles. The summed E-state index contributed by atoms with van der Waals surface area (Å²) in [6, 6.07) is 5.47. The summed E-state index contributed by atoms with van der Waals surface area (Å²) in [6.45, 7) is 8.63. The monoisotopic (exact) mass is 375 g/mol. The van der Waals surface area contributed by atoms with Crippen molar-refractivity contribution in [1.82, 2.24) is 10.2 Å². The minimum absolute atomic E-state index is 0. The average molecular weight is 376 g/mol. The number of carbonyl (C=O) groups excluding carboxylic acids is 1. The fourth-order valence-electron chi connectivity index (χ4n) is 2.93. The number of hydrogen-bond donors (Lipinski definition) is 2. The van der Waals surface area contributed by atoms with Crippen LogP contribution in [0.3, 0.4) is 0 Å². The molecule has 1 heterocycles. The molecule has 0 saturated carbocycles. The number of anilines is 1. The van der Waals surface area contributed by atoms with E-state index < -0.39 is 0 Å². The second-order valence-corrected chi connectivity index (χ2v) is 6.56. The molecule has 0 radical (unpaired) electrons. The summed E-state index contributed by atoms with van der Waals surface area (Å²) < 4.78 is 0. The number of halogens is 2. The lowest BCUT2D eigenvalue weighted by Gasteiger charge is -2.30. The fraction of sp³-hybridized carbons (Fsp3) is 0.611. The van der Waals surface area contributed by atoms with E-state index in [4.69, 9.17) is 5.73 Å². The maximum atomic E-state index is 12.1. The molecule has 3 N–H and O–H groups in total. The molecule has 2 rings (SSSR count). The van der Waals surface area contributed by atoms with Gasteiger partial charge in [0.25, 0.3) is 5.91 Å². The van der Waals surface area contributed by atoms with Gasteiger partial charge in [-0.1, -0.05) is 13.0 Å². The molecule has 1 amide bonds. The van der Waals surface area contributed by atoms with E-state index in [1.54, 1.807) is 6.07 Å². The molecule has 0 unspecified atom stereocenters. The van der Waals surface area contributed by atoms with E-state index in [9.17, 15) is 4.79 Å². The molecule has 1 aromatic carbocycles. The molecule has 1 saturated heterocycles. The van der Waals surface area contributed by atoms with Gasteiger partial charge in [-0.3, -0.25) is 4.79 Å². The number of nitrogens with zero attached hydrogens (tertiary/aromatic N) is 1. The van der Waals surface area contributed by atoms with Gasteiger partial charge in [0, 0.05) is 17.8 Å². The molecular formula is C18H31Cl2N3O. The van der Waals surface area contributed by atoms with Gasteiger partial charge in [0.1, 0.15) is 0 Å². The third-order valence-corrected chi connectivity index (χ3v) is 4.57. The van der Waals surface area contributed by atoms with Crippen LogP contribution in [-0.2, 0) is 0 Å². The molecule has 4 nitrogen and oxygen atoms in total. The Labute approximate surface area is 158 Å². The molecule has 1 aromatic rings. The number of nitrogens with one attached hydrogen (secondary N) is 1. The van der Waals surface area contributed by atoms with Crippen LogP contribution in [0, 0.1) is 12.8 Å². The summed E-state index contributed by atoms with van der Waals surface area (Å²) in [5, 5.41) is 3.00. The standard InChI is InChI=1S/C18H29N3O.2ClH/c1-14-7-11-21(12-8-14)10-4-3-9-20-18(22)17-13-16(19)6-5-15(17)2;;/h5-6,13-14H,3-4,7-12,19H2,1-2H3,(H,20,22);2*1H. The Hall–Kier alpha value is -0.970. The molecular weight excluding hydrogens is 345 g/mol. The number of amides is 1. The second kappa shape index (κ2) is 11.6. The number of aryl methyl sites for hydroxylation is 1. The molecule has 0 atom stereocenters. The lowest BCUT2D eigenvalue weighted by atomic mass is 9.99. The Morgan fingerprint density at radius 3 is 2.58 bits per heavy atom. The first-order valence-electron chi connectivity index (χ1n) is 8.43. The number of hydrogen-bond acceptors (Lipinski definition) is 3. The summed E-state index contributed by atoms with van der Waals surface area (Å²) in [5.41, 5.74) is 8.03. The van der Waals surface area contributed by atoms with E-state index in [2.05, 4.69) is 17.1 Å². The maximum Gasteiger partial charge on any atom is 0.251 e. The van der Waals surface area contributed by atoms with Crippen LogP contribution >= 0.6 is 24.8 Å². The molecule has 1 aliphatic rings. The van der Waals surface area contributed by atoms with Crippen molar-refractivity contribution in [3.05, 3.63) is 29.3 Å². The van der Waals surface area contributed by atoms with Crippen molar-refractivity contribution >= 4 is 36.4 Å². The number of rotatable bonds is 6. The van der Waals surface area contributed by atoms with E-state index >= 15 is 0 Å². The van der Waals surface area contributed by atoms with Crippen molar-refractivity contribution in [2.45, 2.75) is 39.5 Å². The second-order valence-electron chi connectivity index (χ2n) is 6.56. The van der Waals surface area contributed by atoms with Crippen molar-refractivity contribution in [3.63, 3.8) is 0 Å². The molecule has 138 valence electrons. The summed E-state index contributed by atoms with van der Waals surface area (Å²) in [5.74, 6) is 0.869. The first kappa shape index (κ1) is 23.0. The van der Waals surface area contributed by atoms with E-state index in [1.165, 1.54) is 25.9 Å². The number of carbonyl (C=O) groups is 1. The van der Waals surface area contributed by atoms with Gasteiger partial charge in [-0.25, -0.2) is 0 Å². The third kappa shape index (κ3) is 7.29. The Morgan fingerprint density at radius 2 is 1.92 bits per heavy atom. The highest BCUT2D eigenvalue weighted by atomic mass is 35.5. The van der Waals surface area contributed by atoms with Crippen LogP contribution in [0.4, 0.5) is 5.69 Å². The number of nitrogens with two attached hydrogens (primary N) is 1. The van der Waals surface area contributed by atoms with E-state index in [-0.39, 0.29) is 30.7 Å². The predicted octanol–water partition coefficient (Wildman–Crippen LogP) is 3.66. The van der Waals surface area contributed by atoms with E-state index in [0.717, 1.165) is 37.4 Å². The first-order chi connectivity index (χ1) is 10.6. The minimum atomic E-state index is -0.0170. The Morgan fingerprint density at radius 1 is 1.25 bits per heavy atom. The Kier molecular flexibility index (Phi) is 11.1. The van der Waals surface area contributed by atoms with Gasteiger partial charge in [-0.2, -0.15) is 0 Å². The largest absolute Gasteiger partial charge is 0.399 e. The fourth-order valence-corrected chi connectivity index (χ4v) is 2.93. The SMILES string of the molecule is Cc1ccc(N)cc1C(=O)NCCCCN1CCC(C)CC1.Cl.Cl. The molecule has 6 heteroatoms. The molecule has 24 heavy (non-hydrogen) atoms. The number of benzene rings is 1. The number of unbranched alkanes of at least 4 members (excludes halogenated alkanes) is 1. The van der Waals surface area contributed by atoms with Gasteiger partial charge in [0.15, 0.2) is 0 Å². The molecule has 0 bridgehead atoms. The smallest absolute Gasteiger partial charge is 0.251 e. The molecule has 0 spiro atoms. The summed E-state index contributed by atoms with van der Waals surface area (Å²) in [7, 11) is 0. The van der Waals surface area contributed by atoms with E-state index in [1.807, 2.05) is 19.1 Å². The zero-order chi connectivity index (χ0) is 15.9. The maximum absolute atomic E-state index is 12.1. The zero-order valence-corrected chi connectivity index (χ0v) is 16.3. The average Bonchev–Trinajstić information content (AvgIpc) is 2.51. The highest BCUT2D eigenvalue weighted by Crippen LogP contribution is 2.16. The minimum Gasteiger partial charge on any atom is -0.399 e. The van der Waals surface area contributed by atoms with Gasteiger partial charge in [-0.15, -0.1) is 24.8 Å². The van der Waals surface area contributed by atoms with Gasteiger partial charge in [0.2, 0.25) is 0 Å². The lowest BCUT2D eigenvalue weighted by molar-refractivity contribution is 0.0951. The van der Waals surface area contributed by atoms with Crippen LogP contribution in [0.1, 0.15) is 48.5 Å². The normalized spacial score (nSPS) is 15.2. The number of likely N-dealkylation sites (tertiary alicyclic amines) is 1. The van der Waals surface area contributed by atoms with Crippen molar-refractivity contribution in [3.8, 4) is 0 Å². The quantitative estimate of drug-likeness (QED) is 0.588. The van der Waals surface area contributed by atoms with Crippen LogP contribution in [0.5, 0.6) is 0 Å². The Balaban J connectivity index is 0.00000264. The van der Waals surface area contributed by atoms with Gasteiger partial charge in [-0.05, 0) is 75.9 Å². The van der Waals surface area contributed by atoms with Crippen LogP contribution in [0.15, 0.2) is 18.2 Å². The summed E-state index contributed by atoms with van der Waals surface area (Å²) >= 11 is 0. The molecule has 1 fully saturated rings. The first-order valence-corrected chi connectivity index (χ1v) is 8.43. The highest BCUT2D eigenvalue weighted by molar-refractivity contribution is 5.96. The van der Waals surface area contributed by atoms with Crippen molar-refractivity contribution < 1.29 is 4.79 Å². The Bertz CT molecular complexity index is 503. The summed E-state index contributed by atoms with van der Waals surface area (Å²) in [4.78, 5) is 14.7. The van der Waals surface area contributed by atoms with Crippen LogP contribution in [-0.4, -0.2) is 37.0 Å². The molecule has 0 aromatic heterocycles. The van der Waals surface area contributed by atoms with Crippen LogP contribution in [0.25, 0.3) is 0 Å². The van der Waals surface area contributed by atoms with Crippen LogP contribution in [0.2, 0.25) is 0 Å². The molecule has 1 aliphatic heterocycles. The lowest BCUT2D eigenvalue weighted by Crippen LogP contribution is -2.34. The number of nitrogen functional groups attached to an aromatic ring is 1. The highest BCUT2D eigenvalue weighted by Gasteiger charge is 2.14. The zero-order valence-electron chi connectivity index (χ0n) is 14.7. The van der Waals surface area contributed by atoms with Crippen molar-refractivity contribution in [2.24, 2.45) is 5.92 Å². The van der Waals surface area contributed by atoms with E-state index in [0.29, 0.717) is 11.3 Å². The summed E-state index contributed by atoms with van der Waals surface area (Å²) in [6.07, 6.45) is 4.82. The third-order valence-electron chi connectivity index (χ3n) is 4.57. The van der Waals surface area contributed by atoms with Gasteiger partial charge in [0.05, 0.1) is 0 Å².